The van der Waals surface area contributed by atoms with Gasteiger partial charge in [-0.15, -0.1) is 0 Å². The van der Waals surface area contributed by atoms with Gasteiger partial charge < -0.3 is 5.32 Å². The number of hydrogen-bond donors (Lipinski definition) is 2. The van der Waals surface area contributed by atoms with E-state index >= 15 is 0 Å². The van der Waals surface area contributed by atoms with Crippen LogP contribution in [0.1, 0.15) is 36.0 Å². The zero-order chi connectivity index (χ0) is 12.2. The second-order valence-corrected chi connectivity index (χ2v) is 4.72. The third-order valence-electron chi connectivity index (χ3n) is 3.33. The first-order chi connectivity index (χ1) is 8.92. The number of aromatic nitrogens is 4. The summed E-state index contributed by atoms with van der Waals surface area (Å²) in [7, 11) is 0. The topological polar surface area (TPSA) is 66.5 Å². The Morgan fingerprint density at radius 2 is 2.17 bits per heavy atom. The lowest BCUT2D eigenvalue weighted by Gasteiger charge is -2.19. The number of rotatable bonds is 3. The second-order valence-electron chi connectivity index (χ2n) is 4.72. The molecule has 0 aliphatic carbocycles. The fraction of sp³-hybridized carbons (Fsp3) is 0.462. The van der Waals surface area contributed by atoms with E-state index < -0.39 is 0 Å². The Bertz CT molecular complexity index is 487. The number of pyridine rings is 1. The average molecular weight is 243 g/mol. The number of H-pyrrole nitrogens is 1. The molecule has 0 saturated carbocycles. The molecule has 3 heterocycles. The molecule has 5 nitrogen and oxygen atoms in total. The van der Waals surface area contributed by atoms with Crippen molar-refractivity contribution in [2.45, 2.75) is 25.2 Å². The molecule has 1 atom stereocenters. The maximum Gasteiger partial charge on any atom is 0.155 e. The Kier molecular flexibility index (Phi) is 3.32. The maximum atomic E-state index is 4.60. The maximum absolute atomic E-state index is 4.60. The lowest BCUT2D eigenvalue weighted by molar-refractivity contribution is 0.447. The number of aromatic amines is 1. The molecule has 1 aliphatic rings. The molecular weight excluding hydrogens is 226 g/mol. The summed E-state index contributed by atoms with van der Waals surface area (Å²) in [4.78, 5) is 8.61. The molecule has 0 radical (unpaired) electrons. The van der Waals surface area contributed by atoms with Crippen molar-refractivity contribution in [1.29, 1.82) is 0 Å². The van der Waals surface area contributed by atoms with E-state index in [0.717, 1.165) is 31.2 Å². The predicted octanol–water partition coefficient (Wildman–Crippen LogP) is 1.26. The van der Waals surface area contributed by atoms with Gasteiger partial charge in [-0.25, -0.2) is 4.98 Å². The monoisotopic (exact) mass is 243 g/mol. The summed E-state index contributed by atoms with van der Waals surface area (Å²) in [6.07, 6.45) is 6.78. The largest absolute Gasteiger partial charge is 0.316 e. The minimum atomic E-state index is 0.459. The van der Waals surface area contributed by atoms with Crippen LogP contribution in [-0.2, 0) is 6.42 Å². The van der Waals surface area contributed by atoms with Crippen molar-refractivity contribution < 1.29 is 0 Å². The van der Waals surface area contributed by atoms with Gasteiger partial charge in [-0.3, -0.25) is 10.1 Å². The van der Waals surface area contributed by atoms with Crippen LogP contribution in [0.3, 0.4) is 0 Å². The van der Waals surface area contributed by atoms with Crippen LogP contribution in [-0.4, -0.2) is 33.3 Å². The first-order valence-electron chi connectivity index (χ1n) is 6.42. The van der Waals surface area contributed by atoms with Crippen LogP contribution in [0.4, 0.5) is 0 Å². The molecule has 5 heteroatoms. The summed E-state index contributed by atoms with van der Waals surface area (Å²) < 4.78 is 0. The van der Waals surface area contributed by atoms with Crippen LogP contribution in [0.15, 0.2) is 24.5 Å². The average Bonchev–Trinajstić information content (AvgIpc) is 2.89. The summed E-state index contributed by atoms with van der Waals surface area (Å²) in [6, 6.07) is 4.01. The van der Waals surface area contributed by atoms with Crippen molar-refractivity contribution in [2.24, 2.45) is 0 Å². The molecular formula is C13H17N5. The van der Waals surface area contributed by atoms with Gasteiger partial charge in [0.15, 0.2) is 5.82 Å². The highest BCUT2D eigenvalue weighted by molar-refractivity contribution is 5.15. The Labute approximate surface area is 106 Å². The first kappa shape index (κ1) is 11.3. The van der Waals surface area contributed by atoms with Crippen molar-refractivity contribution in [3.63, 3.8) is 0 Å². The molecule has 1 saturated heterocycles. The zero-order valence-electron chi connectivity index (χ0n) is 10.3. The summed E-state index contributed by atoms with van der Waals surface area (Å²) >= 11 is 0. The SMILES string of the molecule is c1cc(Cc2nc(C3CCCNC3)n[nH]2)ccn1. The normalized spacial score (nSPS) is 19.9. The summed E-state index contributed by atoms with van der Waals surface area (Å²) in [5.74, 6) is 2.34. The Morgan fingerprint density at radius 1 is 1.28 bits per heavy atom. The van der Waals surface area contributed by atoms with Gasteiger partial charge in [-0.2, -0.15) is 5.10 Å². The summed E-state index contributed by atoms with van der Waals surface area (Å²) in [5, 5.41) is 10.8. The number of nitrogens with zero attached hydrogens (tertiary/aromatic N) is 3. The fourth-order valence-electron chi connectivity index (χ4n) is 2.34. The minimum absolute atomic E-state index is 0.459. The molecule has 18 heavy (non-hydrogen) atoms. The number of piperidine rings is 1. The van der Waals surface area contributed by atoms with Crippen LogP contribution in [0.2, 0.25) is 0 Å². The molecule has 2 aromatic rings. The minimum Gasteiger partial charge on any atom is -0.316 e. The van der Waals surface area contributed by atoms with Gasteiger partial charge in [-0.05, 0) is 37.1 Å². The van der Waals surface area contributed by atoms with Gasteiger partial charge in [0, 0.05) is 31.3 Å². The summed E-state index contributed by atoms with van der Waals surface area (Å²) in [5.41, 5.74) is 1.20. The zero-order valence-corrected chi connectivity index (χ0v) is 10.3. The molecule has 1 fully saturated rings. The molecule has 1 unspecified atom stereocenters. The lowest BCUT2D eigenvalue weighted by Crippen LogP contribution is -2.28. The lowest BCUT2D eigenvalue weighted by atomic mass is 9.99. The van der Waals surface area contributed by atoms with E-state index in [-0.39, 0.29) is 0 Å². The van der Waals surface area contributed by atoms with Crippen molar-refractivity contribution in [2.75, 3.05) is 13.1 Å². The van der Waals surface area contributed by atoms with E-state index in [4.69, 9.17) is 0 Å². The number of nitrogens with one attached hydrogen (secondary N) is 2. The van der Waals surface area contributed by atoms with Crippen molar-refractivity contribution in [3.8, 4) is 0 Å². The van der Waals surface area contributed by atoms with Gasteiger partial charge in [-0.1, -0.05) is 0 Å². The van der Waals surface area contributed by atoms with Crippen molar-refractivity contribution >= 4 is 0 Å². The van der Waals surface area contributed by atoms with E-state index in [1.54, 1.807) is 12.4 Å². The van der Waals surface area contributed by atoms with E-state index in [0.29, 0.717) is 5.92 Å². The van der Waals surface area contributed by atoms with E-state index in [9.17, 15) is 0 Å². The van der Waals surface area contributed by atoms with Crippen LogP contribution >= 0.6 is 0 Å². The quantitative estimate of drug-likeness (QED) is 0.851. The number of hydrogen-bond acceptors (Lipinski definition) is 4. The molecule has 2 N–H and O–H groups in total. The highest BCUT2D eigenvalue weighted by Gasteiger charge is 2.19. The van der Waals surface area contributed by atoms with Crippen molar-refractivity contribution in [1.82, 2.24) is 25.5 Å². The molecule has 1 aliphatic heterocycles. The Balaban J connectivity index is 1.69. The predicted molar refractivity (Wildman–Crippen MR) is 68.3 cm³/mol. The standard InChI is InChI=1S/C13H17N5/c1-2-11(9-15-5-1)13-16-12(17-18-13)8-10-3-6-14-7-4-10/h3-4,6-7,11,15H,1-2,5,8-9H2,(H,16,17,18). The van der Waals surface area contributed by atoms with Gasteiger partial charge in [0.25, 0.3) is 0 Å². The second kappa shape index (κ2) is 5.27. The van der Waals surface area contributed by atoms with Gasteiger partial charge in [0.05, 0.1) is 0 Å². The van der Waals surface area contributed by atoms with E-state index in [2.05, 4.69) is 25.5 Å². The third-order valence-corrected chi connectivity index (χ3v) is 3.33. The molecule has 0 bridgehead atoms. The van der Waals surface area contributed by atoms with E-state index in [1.165, 1.54) is 18.4 Å². The molecule has 0 spiro atoms. The Morgan fingerprint density at radius 3 is 2.94 bits per heavy atom. The van der Waals surface area contributed by atoms with Gasteiger partial charge >= 0.3 is 0 Å². The Hall–Kier alpha value is -1.75. The molecule has 2 aromatic heterocycles. The molecule has 0 aromatic carbocycles. The highest BCUT2D eigenvalue weighted by atomic mass is 15.2. The third kappa shape index (κ3) is 2.56. The molecule has 0 amide bonds. The fourth-order valence-corrected chi connectivity index (χ4v) is 2.34. The van der Waals surface area contributed by atoms with Crippen LogP contribution in [0, 0.1) is 0 Å². The van der Waals surface area contributed by atoms with Crippen LogP contribution < -0.4 is 5.32 Å². The molecule has 3 rings (SSSR count). The van der Waals surface area contributed by atoms with Gasteiger partial charge in [0.2, 0.25) is 0 Å². The van der Waals surface area contributed by atoms with Gasteiger partial charge in [0.1, 0.15) is 5.82 Å². The first-order valence-corrected chi connectivity index (χ1v) is 6.42. The summed E-state index contributed by atoms with van der Waals surface area (Å²) in [6.45, 7) is 2.11. The van der Waals surface area contributed by atoms with Crippen LogP contribution in [0.25, 0.3) is 0 Å². The molecule has 94 valence electrons. The van der Waals surface area contributed by atoms with Crippen molar-refractivity contribution in [3.05, 3.63) is 41.7 Å². The highest BCUT2D eigenvalue weighted by Crippen LogP contribution is 2.19. The van der Waals surface area contributed by atoms with E-state index in [1.807, 2.05) is 12.1 Å². The smallest absolute Gasteiger partial charge is 0.155 e. The van der Waals surface area contributed by atoms with Crippen LogP contribution in [0.5, 0.6) is 0 Å².